The van der Waals surface area contributed by atoms with Crippen molar-refractivity contribution in [2.45, 2.75) is 33.1 Å². The minimum atomic E-state index is -0.325. The highest BCUT2D eigenvalue weighted by Gasteiger charge is 2.22. The SMILES string of the molecule is C=C(C)Nc1sc2cc(C(C)(C)C)ccc2c1C(=O)OC. The average molecular weight is 303 g/mol. The Balaban J connectivity index is 2.67. The summed E-state index contributed by atoms with van der Waals surface area (Å²) >= 11 is 1.55. The van der Waals surface area contributed by atoms with Crippen LogP contribution >= 0.6 is 11.3 Å². The molecule has 1 N–H and O–H groups in total. The van der Waals surface area contributed by atoms with Crippen molar-refractivity contribution in [1.29, 1.82) is 0 Å². The lowest BCUT2D eigenvalue weighted by Crippen LogP contribution is -2.10. The molecule has 3 nitrogen and oxygen atoms in total. The summed E-state index contributed by atoms with van der Waals surface area (Å²) in [6, 6.07) is 6.23. The Hall–Kier alpha value is -1.81. The predicted octanol–water partition coefficient (Wildman–Crippen LogP) is 4.93. The molecule has 0 radical (unpaired) electrons. The van der Waals surface area contributed by atoms with Gasteiger partial charge in [0, 0.05) is 15.8 Å². The van der Waals surface area contributed by atoms with Crippen molar-refractivity contribution in [3.8, 4) is 0 Å². The number of rotatable bonds is 3. The topological polar surface area (TPSA) is 38.3 Å². The fourth-order valence-corrected chi connectivity index (χ4v) is 3.36. The van der Waals surface area contributed by atoms with E-state index >= 15 is 0 Å². The Labute approximate surface area is 129 Å². The van der Waals surface area contributed by atoms with Crippen molar-refractivity contribution in [3.05, 3.63) is 41.6 Å². The summed E-state index contributed by atoms with van der Waals surface area (Å²) in [5, 5.41) is 4.87. The molecule has 0 spiro atoms. The summed E-state index contributed by atoms with van der Waals surface area (Å²) in [5.74, 6) is -0.325. The lowest BCUT2D eigenvalue weighted by molar-refractivity contribution is 0.0604. The molecule has 0 fully saturated rings. The van der Waals surface area contributed by atoms with Crippen LogP contribution in [0.1, 0.15) is 43.6 Å². The smallest absolute Gasteiger partial charge is 0.341 e. The van der Waals surface area contributed by atoms with Gasteiger partial charge in [-0.05, 0) is 24.0 Å². The van der Waals surface area contributed by atoms with Gasteiger partial charge >= 0.3 is 5.97 Å². The van der Waals surface area contributed by atoms with Gasteiger partial charge in [0.05, 0.1) is 7.11 Å². The van der Waals surface area contributed by atoms with Crippen LogP contribution < -0.4 is 5.32 Å². The second-order valence-corrected chi connectivity index (χ2v) is 7.22. The number of methoxy groups -OCH3 is 1. The van der Waals surface area contributed by atoms with E-state index in [9.17, 15) is 4.79 Å². The van der Waals surface area contributed by atoms with Crippen molar-refractivity contribution < 1.29 is 9.53 Å². The molecule has 2 aromatic rings. The third-order valence-electron chi connectivity index (χ3n) is 3.27. The summed E-state index contributed by atoms with van der Waals surface area (Å²) in [7, 11) is 1.40. The van der Waals surface area contributed by atoms with E-state index in [1.54, 1.807) is 11.3 Å². The Morgan fingerprint density at radius 1 is 1.33 bits per heavy atom. The highest BCUT2D eigenvalue weighted by molar-refractivity contribution is 7.23. The van der Waals surface area contributed by atoms with Crippen LogP contribution in [0, 0.1) is 0 Å². The van der Waals surface area contributed by atoms with Crippen LogP contribution in [0.4, 0.5) is 5.00 Å². The van der Waals surface area contributed by atoms with Gasteiger partial charge in [0.1, 0.15) is 10.6 Å². The standard InChI is InChI=1S/C17H21NO2S/c1-10(2)18-15-14(16(19)20-6)12-8-7-11(17(3,4)5)9-13(12)21-15/h7-9,18H,1H2,2-6H3. The zero-order chi connectivity index (χ0) is 15.8. The maximum Gasteiger partial charge on any atom is 0.341 e. The fraction of sp³-hybridized carbons (Fsp3) is 0.353. The van der Waals surface area contributed by atoms with Crippen molar-refractivity contribution in [1.82, 2.24) is 0 Å². The number of esters is 1. The normalized spacial score (nSPS) is 11.5. The van der Waals surface area contributed by atoms with Gasteiger partial charge in [0.25, 0.3) is 0 Å². The molecule has 1 aromatic heterocycles. The summed E-state index contributed by atoms with van der Waals surface area (Å²) in [5.41, 5.74) is 2.70. The fourth-order valence-electron chi connectivity index (χ4n) is 2.15. The number of anilines is 1. The van der Waals surface area contributed by atoms with E-state index in [2.05, 4.69) is 44.8 Å². The van der Waals surface area contributed by atoms with Crippen LogP contribution in [0.3, 0.4) is 0 Å². The number of carbonyl (C=O) groups is 1. The number of thiophene rings is 1. The zero-order valence-corrected chi connectivity index (χ0v) is 14.0. The van der Waals surface area contributed by atoms with Crippen molar-refractivity contribution >= 4 is 32.4 Å². The first-order valence-electron chi connectivity index (χ1n) is 6.82. The zero-order valence-electron chi connectivity index (χ0n) is 13.2. The predicted molar refractivity (Wildman–Crippen MR) is 90.3 cm³/mol. The maximum atomic E-state index is 12.1. The maximum absolute atomic E-state index is 12.1. The second kappa shape index (κ2) is 5.53. The average Bonchev–Trinajstić information content (AvgIpc) is 2.72. The third kappa shape index (κ3) is 3.10. The van der Waals surface area contributed by atoms with Gasteiger partial charge in [-0.15, -0.1) is 11.3 Å². The quantitative estimate of drug-likeness (QED) is 0.817. The molecule has 0 bridgehead atoms. The first kappa shape index (κ1) is 15.6. The summed E-state index contributed by atoms with van der Waals surface area (Å²) in [4.78, 5) is 12.1. The number of allylic oxidation sites excluding steroid dienone is 1. The van der Waals surface area contributed by atoms with Crippen LogP contribution in [0.2, 0.25) is 0 Å². The second-order valence-electron chi connectivity index (χ2n) is 6.16. The van der Waals surface area contributed by atoms with Crippen molar-refractivity contribution in [3.63, 3.8) is 0 Å². The minimum absolute atomic E-state index is 0.0750. The first-order valence-corrected chi connectivity index (χ1v) is 7.63. The molecule has 2 rings (SSSR count). The monoisotopic (exact) mass is 303 g/mol. The molecule has 21 heavy (non-hydrogen) atoms. The van der Waals surface area contributed by atoms with E-state index < -0.39 is 0 Å². The molecule has 0 amide bonds. The molecule has 1 aromatic carbocycles. The Bertz CT molecular complexity index is 707. The number of nitrogens with one attached hydrogen (secondary N) is 1. The van der Waals surface area contributed by atoms with E-state index in [4.69, 9.17) is 4.74 Å². The van der Waals surface area contributed by atoms with E-state index in [0.717, 1.165) is 20.8 Å². The molecule has 4 heteroatoms. The van der Waals surface area contributed by atoms with Crippen LogP contribution in [0.25, 0.3) is 10.1 Å². The lowest BCUT2D eigenvalue weighted by Gasteiger charge is -2.18. The largest absolute Gasteiger partial charge is 0.465 e. The molecular weight excluding hydrogens is 282 g/mol. The highest BCUT2D eigenvalue weighted by atomic mass is 32.1. The van der Waals surface area contributed by atoms with E-state index in [-0.39, 0.29) is 11.4 Å². The Morgan fingerprint density at radius 2 is 2.00 bits per heavy atom. The number of carbonyl (C=O) groups excluding carboxylic acids is 1. The summed E-state index contributed by atoms with van der Waals surface area (Å²) < 4.78 is 6.00. The van der Waals surface area contributed by atoms with Gasteiger partial charge in [-0.1, -0.05) is 39.5 Å². The highest BCUT2D eigenvalue weighted by Crippen LogP contribution is 2.39. The van der Waals surface area contributed by atoms with Crippen LogP contribution in [-0.4, -0.2) is 13.1 Å². The molecule has 0 aliphatic rings. The van der Waals surface area contributed by atoms with Gasteiger partial charge in [-0.25, -0.2) is 4.79 Å². The Kier molecular flexibility index (Phi) is 4.10. The summed E-state index contributed by atoms with van der Waals surface area (Å²) in [6.45, 7) is 12.2. The third-order valence-corrected chi connectivity index (χ3v) is 4.34. The van der Waals surface area contributed by atoms with E-state index in [1.165, 1.54) is 12.7 Å². The number of ether oxygens (including phenoxy) is 1. The number of hydrogen-bond donors (Lipinski definition) is 1. The van der Waals surface area contributed by atoms with Gasteiger partial charge in [-0.3, -0.25) is 0 Å². The molecule has 0 aliphatic carbocycles. The molecule has 0 saturated carbocycles. The molecule has 0 saturated heterocycles. The number of hydrogen-bond acceptors (Lipinski definition) is 4. The van der Waals surface area contributed by atoms with Gasteiger partial charge in [-0.2, -0.15) is 0 Å². The Morgan fingerprint density at radius 3 is 2.52 bits per heavy atom. The van der Waals surface area contributed by atoms with E-state index in [1.807, 2.05) is 13.0 Å². The lowest BCUT2D eigenvalue weighted by atomic mass is 9.87. The van der Waals surface area contributed by atoms with Gasteiger partial charge < -0.3 is 10.1 Å². The number of fused-ring (bicyclic) bond motifs is 1. The van der Waals surface area contributed by atoms with Crippen LogP contribution in [-0.2, 0) is 10.2 Å². The minimum Gasteiger partial charge on any atom is -0.465 e. The summed E-state index contributed by atoms with van der Waals surface area (Å²) in [6.07, 6.45) is 0. The van der Waals surface area contributed by atoms with Crippen molar-refractivity contribution in [2.75, 3.05) is 12.4 Å². The van der Waals surface area contributed by atoms with Crippen LogP contribution in [0.15, 0.2) is 30.5 Å². The van der Waals surface area contributed by atoms with Gasteiger partial charge in [0.2, 0.25) is 0 Å². The molecule has 0 unspecified atom stereocenters. The molecule has 0 atom stereocenters. The molecular formula is C17H21NO2S. The van der Waals surface area contributed by atoms with Crippen LogP contribution in [0.5, 0.6) is 0 Å². The molecule has 112 valence electrons. The van der Waals surface area contributed by atoms with Crippen molar-refractivity contribution in [2.24, 2.45) is 0 Å². The first-order chi connectivity index (χ1) is 9.74. The van der Waals surface area contributed by atoms with Gasteiger partial charge in [0.15, 0.2) is 0 Å². The van der Waals surface area contributed by atoms with E-state index in [0.29, 0.717) is 5.56 Å². The molecule has 0 aliphatic heterocycles. The number of benzene rings is 1. The molecule has 1 heterocycles.